The molecule has 1 aromatic rings. The van der Waals surface area contributed by atoms with E-state index in [-0.39, 0.29) is 37.2 Å². The summed E-state index contributed by atoms with van der Waals surface area (Å²) < 4.78 is 77.6. The predicted molar refractivity (Wildman–Crippen MR) is 127 cm³/mol. The second-order valence-corrected chi connectivity index (χ2v) is 12.6. The number of sulfonamides is 1. The van der Waals surface area contributed by atoms with Crippen LogP contribution in [0.5, 0.6) is 0 Å². The number of hydrogen-bond donors (Lipinski definition) is 1. The maximum Gasteiger partial charge on any atom is 0.417 e. The molecule has 9 nitrogen and oxygen atoms in total. The van der Waals surface area contributed by atoms with Gasteiger partial charge in [-0.05, 0) is 37.3 Å². The van der Waals surface area contributed by atoms with Gasteiger partial charge in [0.25, 0.3) is 0 Å². The number of nitrogens with zero attached hydrogens (tertiary/aromatic N) is 3. The number of carbonyl (C=O) groups excluding carboxylic acids is 1. The number of hydrogen-bond acceptors (Lipinski definition) is 7. The van der Waals surface area contributed by atoms with Crippen molar-refractivity contribution in [3.8, 4) is 0 Å². The highest BCUT2D eigenvalue weighted by Crippen LogP contribution is 2.51. The lowest BCUT2D eigenvalue weighted by Crippen LogP contribution is -2.51. The number of amides is 1. The summed E-state index contributed by atoms with van der Waals surface area (Å²) in [4.78, 5) is 19.7. The van der Waals surface area contributed by atoms with Gasteiger partial charge >= 0.3 is 6.18 Å². The molecule has 0 aromatic carbocycles. The topological polar surface area (TPSA) is 101 Å². The zero-order valence-corrected chi connectivity index (χ0v) is 21.8. The minimum absolute atomic E-state index is 0.0233. The molecule has 4 heterocycles. The highest BCUT2D eigenvalue weighted by molar-refractivity contribution is 7.88. The van der Waals surface area contributed by atoms with E-state index in [1.54, 1.807) is 12.0 Å². The van der Waals surface area contributed by atoms with Crippen molar-refractivity contribution in [2.24, 2.45) is 5.41 Å². The summed E-state index contributed by atoms with van der Waals surface area (Å²) in [6.07, 6.45) is -0.236. The largest absolute Gasteiger partial charge is 0.417 e. The average Bonchev–Trinajstić information content (AvgIpc) is 3.38. The van der Waals surface area contributed by atoms with Crippen LogP contribution in [0.4, 0.5) is 13.2 Å². The Balaban J connectivity index is 1.40. The Labute approximate surface area is 214 Å². The Bertz CT molecular complexity index is 1150. The third-order valence-corrected chi connectivity index (χ3v) is 9.73. The van der Waals surface area contributed by atoms with E-state index >= 15 is 0 Å². The Morgan fingerprint density at radius 2 is 2.11 bits per heavy atom. The van der Waals surface area contributed by atoms with Gasteiger partial charge in [-0.15, -0.1) is 0 Å². The van der Waals surface area contributed by atoms with Crippen LogP contribution in [0.1, 0.15) is 42.5 Å². The first kappa shape index (κ1) is 26.8. The molecule has 3 fully saturated rings. The monoisotopic (exact) mass is 546 g/mol. The Kier molecular flexibility index (Phi) is 7.06. The molecule has 2 saturated heterocycles. The highest BCUT2D eigenvalue weighted by atomic mass is 32.2. The van der Waals surface area contributed by atoms with E-state index in [4.69, 9.17) is 9.47 Å². The minimum Gasteiger partial charge on any atom is -0.379 e. The van der Waals surface area contributed by atoms with Crippen molar-refractivity contribution in [2.45, 2.75) is 69.1 Å². The second kappa shape index (κ2) is 9.74. The van der Waals surface area contributed by atoms with E-state index in [1.807, 2.05) is 0 Å². The first-order valence-corrected chi connectivity index (χ1v) is 14.4. The molecule has 4 aliphatic rings. The number of carbonyl (C=O) groups is 1. The zero-order chi connectivity index (χ0) is 26.6. The molecule has 5 atom stereocenters. The van der Waals surface area contributed by atoms with Crippen molar-refractivity contribution in [3.05, 3.63) is 29.1 Å². The van der Waals surface area contributed by atoms with Gasteiger partial charge in [-0.3, -0.25) is 9.78 Å². The summed E-state index contributed by atoms with van der Waals surface area (Å²) in [6, 6.07) is 0.489. The summed E-state index contributed by atoms with van der Waals surface area (Å²) >= 11 is 0. The molecule has 206 valence electrons. The molecular formula is C24H33F3N4O5S. The number of aromatic nitrogens is 1. The molecule has 37 heavy (non-hydrogen) atoms. The van der Waals surface area contributed by atoms with E-state index in [0.29, 0.717) is 56.7 Å². The third kappa shape index (κ3) is 5.00. The molecule has 0 spiro atoms. The van der Waals surface area contributed by atoms with Crippen LogP contribution in [0.3, 0.4) is 0 Å². The fourth-order valence-electron chi connectivity index (χ4n) is 6.65. The van der Waals surface area contributed by atoms with Crippen LogP contribution in [-0.2, 0) is 43.4 Å². The number of ether oxygens (including phenoxy) is 2. The standard InChI is InChI=1S/C24H33F3N4O5S/c1-35-20-14-36-8-4-19(20)29-17-10-21-23(11-17,5-7-31(21)37(2,33)34)22(32)30-6-3-18-15(13-30)9-16(12-28-18)24(25,26)27/h9,12,17,19-21,29H,3-8,10-11,13-14H2,1-2H3/t17-,19?,20?,21-,23-/m1/s1. The fraction of sp³-hybridized carbons (Fsp3) is 0.750. The normalized spacial score (nSPS) is 32.8. The van der Waals surface area contributed by atoms with Gasteiger partial charge in [-0.25, -0.2) is 8.42 Å². The lowest BCUT2D eigenvalue weighted by molar-refractivity contribution is -0.143. The Morgan fingerprint density at radius 1 is 1.32 bits per heavy atom. The van der Waals surface area contributed by atoms with Gasteiger partial charge < -0.3 is 19.7 Å². The van der Waals surface area contributed by atoms with Gasteiger partial charge in [0.15, 0.2) is 0 Å². The van der Waals surface area contributed by atoms with E-state index in [1.165, 1.54) is 4.31 Å². The maximum atomic E-state index is 14.1. The number of halogens is 3. The Morgan fingerprint density at radius 3 is 2.81 bits per heavy atom. The number of methoxy groups -OCH3 is 1. The van der Waals surface area contributed by atoms with Crippen molar-refractivity contribution in [1.29, 1.82) is 0 Å². The van der Waals surface area contributed by atoms with Crippen LogP contribution in [0.2, 0.25) is 0 Å². The molecule has 2 unspecified atom stereocenters. The molecule has 0 bridgehead atoms. The van der Waals surface area contributed by atoms with Gasteiger partial charge in [-0.2, -0.15) is 17.5 Å². The molecule has 0 radical (unpaired) electrons. The van der Waals surface area contributed by atoms with E-state index in [0.717, 1.165) is 24.9 Å². The van der Waals surface area contributed by atoms with Crippen LogP contribution in [0.15, 0.2) is 12.3 Å². The summed E-state index contributed by atoms with van der Waals surface area (Å²) in [7, 11) is -1.92. The van der Waals surface area contributed by atoms with Crippen molar-refractivity contribution in [1.82, 2.24) is 19.5 Å². The number of pyridine rings is 1. The molecule has 1 amide bonds. The maximum absolute atomic E-state index is 14.1. The Hall–Kier alpha value is -1.80. The summed E-state index contributed by atoms with van der Waals surface area (Å²) in [5.41, 5.74) is -0.819. The van der Waals surface area contributed by atoms with Gasteiger partial charge in [0.1, 0.15) is 0 Å². The number of nitrogens with one attached hydrogen (secondary N) is 1. The van der Waals surface area contributed by atoms with Crippen molar-refractivity contribution < 1.29 is 35.9 Å². The fourth-order valence-corrected chi connectivity index (χ4v) is 7.82. The molecule has 5 rings (SSSR count). The average molecular weight is 547 g/mol. The summed E-state index contributed by atoms with van der Waals surface area (Å²) in [5.74, 6) is -0.189. The lowest BCUT2D eigenvalue weighted by atomic mass is 9.80. The van der Waals surface area contributed by atoms with Crippen LogP contribution < -0.4 is 5.32 Å². The van der Waals surface area contributed by atoms with Gasteiger partial charge in [0.05, 0.1) is 29.9 Å². The van der Waals surface area contributed by atoms with Crippen LogP contribution in [0, 0.1) is 5.41 Å². The predicted octanol–water partition coefficient (Wildman–Crippen LogP) is 1.56. The van der Waals surface area contributed by atoms with Crippen LogP contribution >= 0.6 is 0 Å². The van der Waals surface area contributed by atoms with Crippen molar-refractivity contribution in [2.75, 3.05) is 39.7 Å². The molecular weight excluding hydrogens is 513 g/mol. The van der Waals surface area contributed by atoms with Gasteiger partial charge in [0.2, 0.25) is 15.9 Å². The molecule has 13 heteroatoms. The number of fused-ring (bicyclic) bond motifs is 2. The van der Waals surface area contributed by atoms with Crippen LogP contribution in [0.25, 0.3) is 0 Å². The molecule has 1 saturated carbocycles. The number of rotatable bonds is 5. The smallest absolute Gasteiger partial charge is 0.379 e. The van der Waals surface area contributed by atoms with E-state index < -0.39 is 33.2 Å². The summed E-state index contributed by atoms with van der Waals surface area (Å²) in [5, 5.41) is 3.61. The number of alkyl halides is 3. The van der Waals surface area contributed by atoms with Gasteiger partial charge in [-0.1, -0.05) is 0 Å². The first-order valence-electron chi connectivity index (χ1n) is 12.6. The second-order valence-electron chi connectivity index (χ2n) is 10.6. The highest BCUT2D eigenvalue weighted by Gasteiger charge is 2.61. The SMILES string of the molecule is COC1COCCC1N[C@@H]1C[C@H]2N(S(C)(=O)=O)CC[C@@]2(C(=O)N2CCc3ncc(C(F)(F)F)cc3C2)C1. The molecule has 1 aliphatic carbocycles. The van der Waals surface area contributed by atoms with E-state index in [2.05, 4.69) is 10.3 Å². The van der Waals surface area contributed by atoms with Crippen molar-refractivity contribution >= 4 is 15.9 Å². The van der Waals surface area contributed by atoms with Crippen LogP contribution in [-0.4, -0.2) is 92.4 Å². The first-order chi connectivity index (χ1) is 17.4. The molecule has 3 aliphatic heterocycles. The lowest BCUT2D eigenvalue weighted by Gasteiger charge is -2.38. The molecule has 1 N–H and O–H groups in total. The van der Waals surface area contributed by atoms with Gasteiger partial charge in [0, 0.05) is 69.8 Å². The minimum atomic E-state index is -4.52. The van der Waals surface area contributed by atoms with Crippen molar-refractivity contribution in [3.63, 3.8) is 0 Å². The summed E-state index contributed by atoms with van der Waals surface area (Å²) in [6.45, 7) is 1.67. The van der Waals surface area contributed by atoms with E-state index in [9.17, 15) is 26.4 Å². The third-order valence-electron chi connectivity index (χ3n) is 8.44. The molecule has 1 aromatic heterocycles. The quantitative estimate of drug-likeness (QED) is 0.598. The zero-order valence-electron chi connectivity index (χ0n) is 21.0.